The van der Waals surface area contributed by atoms with Crippen molar-refractivity contribution < 1.29 is 23.5 Å². The molecule has 2 heterocycles. The maximum Gasteiger partial charge on any atom is 0.356 e. The van der Waals surface area contributed by atoms with Gasteiger partial charge in [-0.3, -0.25) is 5.10 Å². The number of esters is 2. The molecule has 25 heavy (non-hydrogen) atoms. The van der Waals surface area contributed by atoms with Crippen LogP contribution in [-0.2, 0) is 16.1 Å². The SMILES string of the molecule is COC(=O)c1ccoc1COC(=O)c1cc(-c2ccc(Br)cc2)n[nH]1. The van der Waals surface area contributed by atoms with Gasteiger partial charge in [-0.25, -0.2) is 9.59 Å². The van der Waals surface area contributed by atoms with Crippen LogP contribution in [0.15, 0.2) is 51.6 Å². The number of hydrogen-bond acceptors (Lipinski definition) is 6. The lowest BCUT2D eigenvalue weighted by molar-refractivity contribution is 0.0426. The minimum atomic E-state index is -0.608. The first-order chi connectivity index (χ1) is 12.1. The molecule has 1 N–H and O–H groups in total. The van der Waals surface area contributed by atoms with E-state index in [4.69, 9.17) is 9.15 Å². The van der Waals surface area contributed by atoms with Crippen LogP contribution in [0.3, 0.4) is 0 Å². The molecule has 0 unspecified atom stereocenters. The standard InChI is InChI=1S/C17H13BrN2O5/c1-23-16(21)12-6-7-24-15(12)9-25-17(22)14-8-13(19-20-14)10-2-4-11(18)5-3-10/h2-8H,9H2,1H3,(H,19,20). The molecule has 1 aromatic carbocycles. The van der Waals surface area contributed by atoms with E-state index in [1.54, 1.807) is 6.07 Å². The molecule has 0 spiro atoms. The fourth-order valence-corrected chi connectivity index (χ4v) is 2.41. The molecule has 8 heteroatoms. The Kier molecular flexibility index (Phi) is 4.99. The third-order valence-corrected chi connectivity index (χ3v) is 3.95. The average Bonchev–Trinajstić information content (AvgIpc) is 3.29. The number of nitrogens with one attached hydrogen (secondary N) is 1. The first-order valence-corrected chi connectivity index (χ1v) is 8.01. The van der Waals surface area contributed by atoms with E-state index in [-0.39, 0.29) is 23.6 Å². The predicted molar refractivity (Wildman–Crippen MR) is 90.9 cm³/mol. The van der Waals surface area contributed by atoms with E-state index in [0.29, 0.717) is 5.69 Å². The van der Waals surface area contributed by atoms with Crippen LogP contribution >= 0.6 is 15.9 Å². The largest absolute Gasteiger partial charge is 0.465 e. The third kappa shape index (κ3) is 3.80. The summed E-state index contributed by atoms with van der Waals surface area (Å²) in [6, 6.07) is 10.6. The Labute approximate surface area is 151 Å². The van der Waals surface area contributed by atoms with Crippen LogP contribution in [0.1, 0.15) is 26.6 Å². The summed E-state index contributed by atoms with van der Waals surface area (Å²) in [7, 11) is 1.26. The van der Waals surface area contributed by atoms with E-state index in [1.165, 1.54) is 19.4 Å². The van der Waals surface area contributed by atoms with Crippen molar-refractivity contribution in [1.82, 2.24) is 10.2 Å². The topological polar surface area (TPSA) is 94.4 Å². The molecule has 0 aliphatic heterocycles. The molecule has 0 aliphatic carbocycles. The Hall–Kier alpha value is -2.87. The molecule has 0 saturated carbocycles. The molecule has 2 aromatic heterocycles. The zero-order valence-corrected chi connectivity index (χ0v) is 14.7. The van der Waals surface area contributed by atoms with Crippen LogP contribution in [-0.4, -0.2) is 29.2 Å². The highest BCUT2D eigenvalue weighted by Gasteiger charge is 2.18. The van der Waals surface area contributed by atoms with Gasteiger partial charge < -0.3 is 13.9 Å². The number of nitrogens with zero attached hydrogens (tertiary/aromatic N) is 1. The van der Waals surface area contributed by atoms with Gasteiger partial charge in [-0.05, 0) is 24.3 Å². The maximum absolute atomic E-state index is 12.1. The van der Waals surface area contributed by atoms with Crippen molar-refractivity contribution in [2.75, 3.05) is 7.11 Å². The highest BCUT2D eigenvalue weighted by atomic mass is 79.9. The number of furan rings is 1. The van der Waals surface area contributed by atoms with Crippen LogP contribution in [0.2, 0.25) is 0 Å². The fraction of sp³-hybridized carbons (Fsp3) is 0.118. The van der Waals surface area contributed by atoms with Crippen LogP contribution in [0.4, 0.5) is 0 Å². The van der Waals surface area contributed by atoms with Crippen molar-refractivity contribution in [3.8, 4) is 11.3 Å². The van der Waals surface area contributed by atoms with Gasteiger partial charge in [0, 0.05) is 10.0 Å². The molecule has 7 nitrogen and oxygen atoms in total. The Bertz CT molecular complexity index is 898. The molecular weight excluding hydrogens is 392 g/mol. The summed E-state index contributed by atoms with van der Waals surface area (Å²) in [4.78, 5) is 23.7. The van der Waals surface area contributed by atoms with Crippen LogP contribution in [0.25, 0.3) is 11.3 Å². The molecule has 128 valence electrons. The van der Waals surface area contributed by atoms with E-state index in [2.05, 4.69) is 30.9 Å². The van der Waals surface area contributed by atoms with E-state index >= 15 is 0 Å². The van der Waals surface area contributed by atoms with Gasteiger partial charge >= 0.3 is 11.9 Å². The van der Waals surface area contributed by atoms with E-state index in [0.717, 1.165) is 10.0 Å². The second kappa shape index (κ2) is 7.35. The number of halogens is 1. The number of aromatic amines is 1. The molecule has 0 bridgehead atoms. The summed E-state index contributed by atoms with van der Waals surface area (Å²) < 4.78 is 15.9. The third-order valence-electron chi connectivity index (χ3n) is 3.42. The number of hydrogen-bond donors (Lipinski definition) is 1. The number of H-pyrrole nitrogens is 1. The summed E-state index contributed by atoms with van der Waals surface area (Å²) in [5.74, 6) is -0.949. The normalized spacial score (nSPS) is 10.5. The molecule has 0 radical (unpaired) electrons. The van der Waals surface area contributed by atoms with Gasteiger partial charge in [0.25, 0.3) is 0 Å². The second-order valence-corrected chi connectivity index (χ2v) is 5.91. The lowest BCUT2D eigenvalue weighted by atomic mass is 10.1. The minimum absolute atomic E-state index is 0.192. The summed E-state index contributed by atoms with van der Waals surface area (Å²) in [6.07, 6.45) is 1.33. The zero-order valence-electron chi connectivity index (χ0n) is 13.1. The lowest BCUT2D eigenvalue weighted by Crippen LogP contribution is -2.08. The van der Waals surface area contributed by atoms with Crippen LogP contribution in [0, 0.1) is 0 Å². The molecule has 0 fully saturated rings. The lowest BCUT2D eigenvalue weighted by Gasteiger charge is -2.02. The highest BCUT2D eigenvalue weighted by molar-refractivity contribution is 9.10. The van der Waals surface area contributed by atoms with Crippen molar-refractivity contribution >= 4 is 27.9 Å². The Morgan fingerprint density at radius 1 is 1.20 bits per heavy atom. The Balaban J connectivity index is 1.67. The number of rotatable bonds is 5. The number of benzene rings is 1. The molecular formula is C17H13BrN2O5. The van der Waals surface area contributed by atoms with Gasteiger partial charge in [-0.15, -0.1) is 0 Å². The zero-order chi connectivity index (χ0) is 17.8. The molecule has 3 aromatic rings. The van der Waals surface area contributed by atoms with Gasteiger partial charge in [-0.1, -0.05) is 28.1 Å². The summed E-state index contributed by atoms with van der Waals surface area (Å²) >= 11 is 3.36. The number of methoxy groups -OCH3 is 1. The van der Waals surface area contributed by atoms with Crippen molar-refractivity contribution in [1.29, 1.82) is 0 Å². The van der Waals surface area contributed by atoms with Crippen molar-refractivity contribution in [2.45, 2.75) is 6.61 Å². The molecule has 0 amide bonds. The van der Waals surface area contributed by atoms with Crippen LogP contribution in [0.5, 0.6) is 0 Å². The first-order valence-electron chi connectivity index (χ1n) is 7.21. The van der Waals surface area contributed by atoms with Gasteiger partial charge in [-0.2, -0.15) is 5.10 Å². The smallest absolute Gasteiger partial charge is 0.356 e. The quantitative estimate of drug-likeness (QED) is 0.653. The minimum Gasteiger partial charge on any atom is -0.465 e. The Morgan fingerprint density at radius 2 is 1.96 bits per heavy atom. The van der Waals surface area contributed by atoms with Gasteiger partial charge in [0.05, 0.1) is 19.1 Å². The monoisotopic (exact) mass is 404 g/mol. The molecule has 0 atom stereocenters. The molecule has 0 aliphatic rings. The summed E-state index contributed by atoms with van der Waals surface area (Å²) in [5, 5.41) is 6.74. The van der Waals surface area contributed by atoms with Gasteiger partial charge in [0.2, 0.25) is 0 Å². The fourth-order valence-electron chi connectivity index (χ4n) is 2.15. The molecule has 0 saturated heterocycles. The Morgan fingerprint density at radius 3 is 2.68 bits per heavy atom. The number of ether oxygens (including phenoxy) is 2. The maximum atomic E-state index is 12.1. The first kappa shape index (κ1) is 17.0. The summed E-state index contributed by atoms with van der Waals surface area (Å²) in [6.45, 7) is -0.192. The second-order valence-electron chi connectivity index (χ2n) is 5.00. The number of carbonyl (C=O) groups excluding carboxylic acids is 2. The number of aromatic nitrogens is 2. The van der Waals surface area contributed by atoms with Gasteiger partial charge in [0.1, 0.15) is 11.3 Å². The highest BCUT2D eigenvalue weighted by Crippen LogP contribution is 2.21. The van der Waals surface area contributed by atoms with Crippen molar-refractivity contribution in [2.24, 2.45) is 0 Å². The van der Waals surface area contributed by atoms with Gasteiger partial charge in [0.15, 0.2) is 12.4 Å². The van der Waals surface area contributed by atoms with Crippen molar-refractivity contribution in [3.05, 3.63) is 64.2 Å². The summed E-state index contributed by atoms with van der Waals surface area (Å²) in [5.41, 5.74) is 1.89. The van der Waals surface area contributed by atoms with E-state index < -0.39 is 11.9 Å². The predicted octanol–water partition coefficient (Wildman–Crippen LogP) is 3.58. The number of carbonyl (C=O) groups is 2. The molecule has 3 rings (SSSR count). The van der Waals surface area contributed by atoms with E-state index in [9.17, 15) is 9.59 Å². The average molecular weight is 405 g/mol. The van der Waals surface area contributed by atoms with E-state index in [1.807, 2.05) is 24.3 Å². The van der Waals surface area contributed by atoms with Crippen molar-refractivity contribution in [3.63, 3.8) is 0 Å². The van der Waals surface area contributed by atoms with Crippen LogP contribution < -0.4 is 0 Å².